The number of benzene rings is 6. The van der Waals surface area contributed by atoms with Crippen LogP contribution in [-0.2, 0) is 16.6 Å². The maximum atomic E-state index is 14.9. The van der Waals surface area contributed by atoms with Crippen molar-refractivity contribution in [2.75, 3.05) is 21.1 Å². The Morgan fingerprint density at radius 1 is 0.771 bits per heavy atom. The zero-order valence-corrected chi connectivity index (χ0v) is 27.5. The van der Waals surface area contributed by atoms with Crippen molar-refractivity contribution in [2.24, 2.45) is 0 Å². The van der Waals surface area contributed by atoms with Crippen LogP contribution < -0.4 is 19.3 Å². The summed E-state index contributed by atoms with van der Waals surface area (Å²) in [6.45, 7) is 4.86. The molecule has 0 radical (unpaired) electrons. The van der Waals surface area contributed by atoms with Gasteiger partial charge in [-0.25, -0.2) is 8.42 Å². The number of hydrogen-bond donors (Lipinski definition) is 1. The minimum absolute atomic E-state index is 0.00471. The molecule has 0 bridgehead atoms. The molecule has 8 heteroatoms. The number of rotatable bonds is 9. The zero-order chi connectivity index (χ0) is 33.3. The fourth-order valence-electron chi connectivity index (χ4n) is 6.31. The number of amides is 1. The second kappa shape index (κ2) is 12.9. The quantitative estimate of drug-likeness (QED) is 0.169. The van der Waals surface area contributed by atoms with Gasteiger partial charge in [0.1, 0.15) is 11.9 Å². The van der Waals surface area contributed by atoms with Crippen LogP contribution in [-0.4, -0.2) is 20.9 Å². The van der Waals surface area contributed by atoms with Crippen LogP contribution in [0.25, 0.3) is 10.8 Å². The van der Waals surface area contributed by atoms with Gasteiger partial charge in [0.05, 0.1) is 22.8 Å². The molecule has 6 aromatic rings. The lowest BCUT2D eigenvalue weighted by atomic mass is 9.95. The first kappa shape index (κ1) is 31.0. The maximum Gasteiger partial charge on any atom is 0.262 e. The van der Waals surface area contributed by atoms with E-state index in [9.17, 15) is 13.2 Å². The van der Waals surface area contributed by atoms with Crippen molar-refractivity contribution in [1.82, 2.24) is 0 Å². The molecule has 0 saturated heterocycles. The smallest absolute Gasteiger partial charge is 0.262 e. The van der Waals surface area contributed by atoms with Gasteiger partial charge in [0.2, 0.25) is 0 Å². The van der Waals surface area contributed by atoms with E-state index in [1.54, 1.807) is 29.2 Å². The van der Waals surface area contributed by atoms with E-state index in [1.807, 2.05) is 86.6 Å². The number of nitrogens with one attached hydrogen (secondary N) is 1. The number of anilines is 3. The third-order valence-corrected chi connectivity index (χ3v) is 9.98. The van der Waals surface area contributed by atoms with Crippen molar-refractivity contribution in [3.05, 3.63) is 162 Å². The van der Waals surface area contributed by atoms with Crippen molar-refractivity contribution in [3.63, 3.8) is 0 Å². The van der Waals surface area contributed by atoms with E-state index >= 15 is 0 Å². The molecule has 0 saturated carbocycles. The Morgan fingerprint density at radius 3 is 2.23 bits per heavy atom. The van der Waals surface area contributed by atoms with E-state index in [1.165, 1.54) is 6.07 Å². The summed E-state index contributed by atoms with van der Waals surface area (Å²) in [5.74, 6) is 0.397. The molecule has 48 heavy (non-hydrogen) atoms. The zero-order valence-electron chi connectivity index (χ0n) is 26.7. The van der Waals surface area contributed by atoms with Crippen LogP contribution in [0.15, 0.2) is 144 Å². The van der Waals surface area contributed by atoms with Gasteiger partial charge in [0.15, 0.2) is 0 Å². The summed E-state index contributed by atoms with van der Waals surface area (Å²) in [7, 11) is -4.00. The normalized spacial score (nSPS) is 14.5. The van der Waals surface area contributed by atoms with Crippen molar-refractivity contribution in [1.29, 1.82) is 0 Å². The predicted molar refractivity (Wildman–Crippen MR) is 192 cm³/mol. The second-order valence-corrected chi connectivity index (χ2v) is 13.5. The molecule has 0 aromatic heterocycles. The molecule has 0 spiro atoms. The molecule has 6 aromatic carbocycles. The van der Waals surface area contributed by atoms with Crippen LogP contribution in [0.3, 0.4) is 0 Å². The summed E-state index contributed by atoms with van der Waals surface area (Å²) >= 11 is 0. The first-order chi connectivity index (χ1) is 23.3. The molecule has 1 N–H and O–H groups in total. The van der Waals surface area contributed by atoms with Gasteiger partial charge in [-0.3, -0.25) is 14.4 Å². The molecule has 1 aliphatic heterocycles. The van der Waals surface area contributed by atoms with Gasteiger partial charge < -0.3 is 9.64 Å². The highest BCUT2D eigenvalue weighted by Gasteiger charge is 2.41. The van der Waals surface area contributed by atoms with E-state index in [0.29, 0.717) is 41.5 Å². The van der Waals surface area contributed by atoms with E-state index in [0.717, 1.165) is 27.5 Å². The lowest BCUT2D eigenvalue weighted by Gasteiger charge is -2.46. The van der Waals surface area contributed by atoms with E-state index in [4.69, 9.17) is 4.74 Å². The third kappa shape index (κ3) is 5.98. The summed E-state index contributed by atoms with van der Waals surface area (Å²) in [4.78, 5) is 18.8. The highest BCUT2D eigenvalue weighted by molar-refractivity contribution is 7.92. The average Bonchev–Trinajstić information content (AvgIpc) is 3.11. The van der Waals surface area contributed by atoms with Crippen LogP contribution in [0.1, 0.15) is 40.1 Å². The molecule has 7 nitrogen and oxygen atoms in total. The van der Waals surface area contributed by atoms with Crippen LogP contribution in [0.5, 0.6) is 5.75 Å². The molecular weight excluding hydrogens is 619 g/mol. The van der Waals surface area contributed by atoms with Gasteiger partial charge >= 0.3 is 0 Å². The number of sulfonamides is 1. The number of carbonyl (C=O) groups excluding carboxylic acids is 1. The van der Waals surface area contributed by atoms with Crippen LogP contribution >= 0.6 is 0 Å². The fourth-order valence-corrected chi connectivity index (χ4v) is 7.40. The van der Waals surface area contributed by atoms with E-state index < -0.39 is 16.2 Å². The minimum Gasteiger partial charge on any atom is -0.494 e. The molecule has 240 valence electrons. The number of carbonyl (C=O) groups is 1. The van der Waals surface area contributed by atoms with Crippen LogP contribution in [0, 0.1) is 6.92 Å². The molecule has 1 aliphatic rings. The number of aryl methyl sites for hydroxylation is 1. The Hall–Kier alpha value is -5.60. The number of hydrogen-bond acceptors (Lipinski definition) is 5. The number of ether oxygens (including phenoxy) is 1. The molecule has 1 heterocycles. The predicted octanol–water partition coefficient (Wildman–Crippen LogP) is 8.71. The Labute approximate surface area is 281 Å². The summed E-state index contributed by atoms with van der Waals surface area (Å²) in [5.41, 5.74) is 5.08. The van der Waals surface area contributed by atoms with Crippen molar-refractivity contribution < 1.29 is 17.9 Å². The lowest BCUT2D eigenvalue weighted by Crippen LogP contribution is -2.49. The first-order valence-corrected chi connectivity index (χ1v) is 17.4. The Balaban J connectivity index is 1.43. The van der Waals surface area contributed by atoms with Gasteiger partial charge in [0.25, 0.3) is 15.9 Å². The largest absolute Gasteiger partial charge is 0.494 e. The van der Waals surface area contributed by atoms with Gasteiger partial charge in [-0.2, -0.15) is 0 Å². The fraction of sp³-hybridized carbons (Fsp3) is 0.125. The lowest BCUT2D eigenvalue weighted by molar-refractivity contribution is 0.0968. The Bertz CT molecular complexity index is 2200. The molecule has 0 fully saturated rings. The monoisotopic (exact) mass is 653 g/mol. The van der Waals surface area contributed by atoms with Gasteiger partial charge in [-0.05, 0) is 84.8 Å². The highest BCUT2D eigenvalue weighted by atomic mass is 32.2. The summed E-state index contributed by atoms with van der Waals surface area (Å²) in [6, 6.07) is 43.8. The first-order valence-electron chi connectivity index (χ1n) is 15.9. The van der Waals surface area contributed by atoms with Crippen molar-refractivity contribution >= 4 is 43.8 Å². The Kier molecular flexibility index (Phi) is 8.33. The number of fused-ring (bicyclic) bond motifs is 2. The Morgan fingerprint density at radius 2 is 1.48 bits per heavy atom. The standard InChI is InChI=1S/C40H35N3O4S/c1-3-47-33-22-20-32(21-23-33)43-39(36-15-9-13-30-12-7-8-14-35(30)36)42(27-29-10-5-4-6-11-29)38-25-24-34(26-37(38)40(43)44)48(45,46)41-31-18-16-28(2)17-19-31/h4-26,39,41H,3,27H2,1-2H3/t39-/m0/s1. The highest BCUT2D eigenvalue weighted by Crippen LogP contribution is 2.45. The molecule has 1 atom stereocenters. The number of nitrogens with zero attached hydrogens (tertiary/aromatic N) is 2. The topological polar surface area (TPSA) is 78.9 Å². The second-order valence-electron chi connectivity index (χ2n) is 11.8. The molecule has 0 unspecified atom stereocenters. The molecule has 0 aliphatic carbocycles. The summed E-state index contributed by atoms with van der Waals surface area (Å²) in [5, 5.41) is 2.08. The average molecular weight is 654 g/mol. The molecule has 7 rings (SSSR count). The third-order valence-electron chi connectivity index (χ3n) is 8.60. The van der Waals surface area contributed by atoms with Crippen LogP contribution in [0.4, 0.5) is 17.1 Å². The van der Waals surface area contributed by atoms with E-state index in [-0.39, 0.29) is 10.8 Å². The van der Waals surface area contributed by atoms with E-state index in [2.05, 4.69) is 46.0 Å². The summed E-state index contributed by atoms with van der Waals surface area (Å²) < 4.78 is 35.7. The van der Waals surface area contributed by atoms with Crippen LogP contribution in [0.2, 0.25) is 0 Å². The molecule has 1 amide bonds. The van der Waals surface area contributed by atoms with Crippen molar-refractivity contribution in [3.8, 4) is 5.75 Å². The summed E-state index contributed by atoms with van der Waals surface area (Å²) in [6.07, 6.45) is -0.553. The SMILES string of the molecule is CCOc1ccc(N2C(=O)c3cc(S(=O)(=O)Nc4ccc(C)cc4)ccc3N(Cc3ccccc3)[C@@H]2c2cccc3ccccc23)cc1. The maximum absolute atomic E-state index is 14.9. The van der Waals surface area contributed by atoms with Gasteiger partial charge in [-0.15, -0.1) is 0 Å². The van der Waals surface area contributed by atoms with Crippen molar-refractivity contribution in [2.45, 2.75) is 31.5 Å². The minimum atomic E-state index is -4.00. The van der Waals surface area contributed by atoms with Gasteiger partial charge in [0, 0.05) is 23.5 Å². The molecular formula is C40H35N3O4S. The van der Waals surface area contributed by atoms with Gasteiger partial charge in [-0.1, -0.05) is 90.5 Å².